The van der Waals surface area contributed by atoms with Crippen molar-refractivity contribution >= 4 is 5.97 Å². The van der Waals surface area contributed by atoms with Crippen LogP contribution in [0.15, 0.2) is 18.2 Å². The van der Waals surface area contributed by atoms with Gasteiger partial charge in [-0.25, -0.2) is 4.79 Å². The highest BCUT2D eigenvalue weighted by molar-refractivity contribution is 5.91. The van der Waals surface area contributed by atoms with Crippen LogP contribution in [0.1, 0.15) is 21.5 Å². The van der Waals surface area contributed by atoms with Crippen LogP contribution in [0.25, 0.3) is 0 Å². The van der Waals surface area contributed by atoms with E-state index in [1.807, 2.05) is 0 Å². The van der Waals surface area contributed by atoms with Gasteiger partial charge in [-0.15, -0.1) is 0 Å². The van der Waals surface area contributed by atoms with Crippen molar-refractivity contribution in [1.82, 2.24) is 0 Å². The third-order valence-electron chi connectivity index (χ3n) is 1.97. The Morgan fingerprint density at radius 1 is 1.33 bits per heavy atom. The molecule has 1 aromatic rings. The van der Waals surface area contributed by atoms with E-state index in [0.29, 0.717) is 5.56 Å². The van der Waals surface area contributed by atoms with Gasteiger partial charge in [0.15, 0.2) is 0 Å². The molecule has 0 N–H and O–H groups in total. The normalized spacial score (nSPS) is 11.3. The summed E-state index contributed by atoms with van der Waals surface area (Å²) in [6.45, 7) is 1.55. The summed E-state index contributed by atoms with van der Waals surface area (Å²) in [6.07, 6.45) is -4.45. The highest BCUT2D eigenvalue weighted by Crippen LogP contribution is 2.30. The standard InChI is InChI=1S/C10H9F3O2/c1-6-3-4-7(10(11,12)13)5-8(6)9(14)15-2/h3-5H,1-2H3. The molecule has 0 heterocycles. The molecule has 0 bridgehead atoms. The van der Waals surface area contributed by atoms with Gasteiger partial charge in [-0.1, -0.05) is 6.07 Å². The lowest BCUT2D eigenvalue weighted by Crippen LogP contribution is -2.09. The van der Waals surface area contributed by atoms with E-state index in [2.05, 4.69) is 4.74 Å². The molecule has 82 valence electrons. The van der Waals surface area contributed by atoms with Crippen LogP contribution in [0.2, 0.25) is 0 Å². The first-order chi connectivity index (χ1) is 6.86. The monoisotopic (exact) mass is 218 g/mol. The minimum absolute atomic E-state index is 0.0627. The van der Waals surface area contributed by atoms with Crippen LogP contribution in [0.3, 0.4) is 0 Å². The van der Waals surface area contributed by atoms with Gasteiger partial charge in [-0.2, -0.15) is 13.2 Å². The molecule has 15 heavy (non-hydrogen) atoms. The van der Waals surface area contributed by atoms with Gasteiger partial charge in [0.2, 0.25) is 0 Å². The van der Waals surface area contributed by atoms with Gasteiger partial charge in [-0.3, -0.25) is 0 Å². The summed E-state index contributed by atoms with van der Waals surface area (Å²) in [5.41, 5.74) is -0.462. The van der Waals surface area contributed by atoms with E-state index >= 15 is 0 Å². The van der Waals surface area contributed by atoms with Crippen LogP contribution in [-0.4, -0.2) is 13.1 Å². The number of aryl methyl sites for hydroxylation is 1. The molecule has 0 saturated carbocycles. The van der Waals surface area contributed by atoms with Crippen molar-refractivity contribution in [1.29, 1.82) is 0 Å². The summed E-state index contributed by atoms with van der Waals surface area (Å²) in [5, 5.41) is 0. The molecule has 0 amide bonds. The summed E-state index contributed by atoms with van der Waals surface area (Å²) in [4.78, 5) is 11.1. The van der Waals surface area contributed by atoms with E-state index in [4.69, 9.17) is 0 Å². The van der Waals surface area contributed by atoms with Crippen LogP contribution in [0, 0.1) is 6.92 Å². The van der Waals surface area contributed by atoms with Crippen LogP contribution < -0.4 is 0 Å². The highest BCUT2D eigenvalue weighted by atomic mass is 19.4. The highest BCUT2D eigenvalue weighted by Gasteiger charge is 2.31. The quantitative estimate of drug-likeness (QED) is 0.677. The molecule has 0 saturated heterocycles. The maximum absolute atomic E-state index is 12.3. The molecule has 1 rings (SSSR count). The second-order valence-electron chi connectivity index (χ2n) is 3.02. The average molecular weight is 218 g/mol. The third kappa shape index (κ3) is 2.49. The van der Waals surface area contributed by atoms with Crippen LogP contribution >= 0.6 is 0 Å². The Morgan fingerprint density at radius 3 is 2.40 bits per heavy atom. The summed E-state index contributed by atoms with van der Waals surface area (Å²) in [5.74, 6) is -0.765. The first kappa shape index (κ1) is 11.6. The van der Waals surface area contributed by atoms with Crippen molar-refractivity contribution in [2.24, 2.45) is 0 Å². The van der Waals surface area contributed by atoms with Crippen molar-refractivity contribution in [3.63, 3.8) is 0 Å². The summed E-state index contributed by atoms with van der Waals surface area (Å²) >= 11 is 0. The van der Waals surface area contributed by atoms with Crippen LogP contribution in [0.4, 0.5) is 13.2 Å². The Morgan fingerprint density at radius 2 is 1.93 bits per heavy atom. The number of rotatable bonds is 1. The van der Waals surface area contributed by atoms with E-state index in [9.17, 15) is 18.0 Å². The number of esters is 1. The molecule has 2 nitrogen and oxygen atoms in total. The minimum atomic E-state index is -4.45. The lowest BCUT2D eigenvalue weighted by atomic mass is 10.0. The fourth-order valence-corrected chi connectivity index (χ4v) is 1.13. The van der Waals surface area contributed by atoms with Gasteiger partial charge in [-0.05, 0) is 24.6 Å². The van der Waals surface area contributed by atoms with Crippen molar-refractivity contribution in [2.75, 3.05) is 7.11 Å². The predicted molar refractivity (Wildman–Crippen MR) is 47.5 cm³/mol. The molecular formula is C10H9F3O2. The molecule has 0 unspecified atom stereocenters. The number of hydrogen-bond donors (Lipinski definition) is 0. The molecule has 1 aromatic carbocycles. The van der Waals surface area contributed by atoms with Crippen molar-refractivity contribution < 1.29 is 22.7 Å². The molecule has 0 spiro atoms. The van der Waals surface area contributed by atoms with E-state index in [0.717, 1.165) is 19.2 Å². The number of hydrogen-bond acceptors (Lipinski definition) is 2. The third-order valence-corrected chi connectivity index (χ3v) is 1.97. The molecule has 0 atom stereocenters. The zero-order valence-electron chi connectivity index (χ0n) is 8.18. The van der Waals surface area contributed by atoms with Gasteiger partial charge in [0.1, 0.15) is 0 Å². The van der Waals surface area contributed by atoms with Gasteiger partial charge >= 0.3 is 12.1 Å². The fraction of sp³-hybridized carbons (Fsp3) is 0.300. The number of ether oxygens (including phenoxy) is 1. The van der Waals surface area contributed by atoms with E-state index < -0.39 is 17.7 Å². The second kappa shape index (κ2) is 3.92. The zero-order valence-corrected chi connectivity index (χ0v) is 8.18. The maximum atomic E-state index is 12.3. The van der Waals surface area contributed by atoms with Crippen LogP contribution in [-0.2, 0) is 10.9 Å². The predicted octanol–water partition coefficient (Wildman–Crippen LogP) is 2.80. The van der Waals surface area contributed by atoms with Crippen molar-refractivity contribution in [3.8, 4) is 0 Å². The first-order valence-corrected chi connectivity index (χ1v) is 4.12. The van der Waals surface area contributed by atoms with Gasteiger partial charge < -0.3 is 4.74 Å². The Labute approximate surface area is 84.7 Å². The van der Waals surface area contributed by atoms with Gasteiger partial charge in [0, 0.05) is 0 Å². The van der Waals surface area contributed by atoms with Crippen molar-refractivity contribution in [3.05, 3.63) is 34.9 Å². The smallest absolute Gasteiger partial charge is 0.416 e. The molecule has 5 heteroatoms. The van der Waals surface area contributed by atoms with Gasteiger partial charge in [0.05, 0.1) is 18.2 Å². The Kier molecular flexibility index (Phi) is 3.02. The second-order valence-corrected chi connectivity index (χ2v) is 3.02. The van der Waals surface area contributed by atoms with E-state index in [1.54, 1.807) is 6.92 Å². The fourth-order valence-electron chi connectivity index (χ4n) is 1.13. The molecule has 0 aliphatic heterocycles. The summed E-state index contributed by atoms with van der Waals surface area (Å²) in [7, 11) is 1.13. The Bertz CT molecular complexity index is 383. The van der Waals surface area contributed by atoms with Crippen molar-refractivity contribution in [2.45, 2.75) is 13.1 Å². The number of carbonyl (C=O) groups excluding carboxylic acids is 1. The number of halogens is 3. The largest absolute Gasteiger partial charge is 0.465 e. The molecule has 0 radical (unpaired) electrons. The Balaban J connectivity index is 3.23. The number of methoxy groups -OCH3 is 1. The minimum Gasteiger partial charge on any atom is -0.465 e. The van der Waals surface area contributed by atoms with Gasteiger partial charge in [0.25, 0.3) is 0 Å². The summed E-state index contributed by atoms with van der Waals surface area (Å²) < 4.78 is 41.3. The number of benzene rings is 1. The molecule has 0 fully saturated rings. The zero-order chi connectivity index (χ0) is 11.6. The van der Waals surface area contributed by atoms with E-state index in [-0.39, 0.29) is 5.56 Å². The molecule has 0 aliphatic rings. The maximum Gasteiger partial charge on any atom is 0.416 e. The lowest BCUT2D eigenvalue weighted by molar-refractivity contribution is -0.137. The number of carbonyl (C=O) groups is 1. The summed E-state index contributed by atoms with van der Waals surface area (Å²) in [6, 6.07) is 2.97. The topological polar surface area (TPSA) is 26.3 Å². The van der Waals surface area contributed by atoms with Crippen LogP contribution in [0.5, 0.6) is 0 Å². The van der Waals surface area contributed by atoms with E-state index in [1.165, 1.54) is 6.07 Å². The first-order valence-electron chi connectivity index (χ1n) is 4.12. The molecule has 0 aromatic heterocycles. The molecular weight excluding hydrogens is 209 g/mol. The SMILES string of the molecule is COC(=O)c1cc(C(F)(F)F)ccc1C. The number of alkyl halides is 3. The Hall–Kier alpha value is -1.52. The average Bonchev–Trinajstić information content (AvgIpc) is 2.15. The lowest BCUT2D eigenvalue weighted by Gasteiger charge is -2.09. The molecule has 0 aliphatic carbocycles.